The molecule has 5 aromatic rings. The van der Waals surface area contributed by atoms with Crippen molar-refractivity contribution in [1.82, 2.24) is 0 Å². The van der Waals surface area contributed by atoms with Crippen LogP contribution in [0.15, 0.2) is 78.9 Å². The molecule has 0 aliphatic carbocycles. The molecule has 29 heavy (non-hydrogen) atoms. The molecule has 5 rings (SSSR count). The van der Waals surface area contributed by atoms with E-state index in [2.05, 4.69) is 85.8 Å². The van der Waals surface area contributed by atoms with E-state index in [1.54, 1.807) is 0 Å². The summed E-state index contributed by atoms with van der Waals surface area (Å²) in [7, 11) is 0. The van der Waals surface area contributed by atoms with Crippen LogP contribution in [0, 0.1) is 0 Å². The molecular formula is C29H28. The number of hydrogen-bond acceptors (Lipinski definition) is 0. The van der Waals surface area contributed by atoms with Crippen LogP contribution in [0.3, 0.4) is 0 Å². The second kappa shape index (κ2) is 7.87. The minimum Gasteiger partial charge on any atom is -0.0654 e. The molecule has 144 valence electrons. The maximum absolute atomic E-state index is 2.40. The zero-order chi connectivity index (χ0) is 19.6. The predicted octanol–water partition coefficient (Wildman–Crippen LogP) is 8.81. The monoisotopic (exact) mass is 376 g/mol. The highest BCUT2D eigenvalue weighted by atomic mass is 14.1. The van der Waals surface area contributed by atoms with Crippen LogP contribution in [0.4, 0.5) is 0 Å². The largest absolute Gasteiger partial charge is 0.0654 e. The molecule has 0 unspecified atom stereocenters. The third-order valence-electron chi connectivity index (χ3n) is 6.37. The average Bonchev–Trinajstić information content (AvgIpc) is 2.78. The molecule has 0 fully saturated rings. The molecule has 0 radical (unpaired) electrons. The molecule has 5 aromatic carbocycles. The van der Waals surface area contributed by atoms with E-state index in [0.29, 0.717) is 0 Å². The van der Waals surface area contributed by atoms with Crippen LogP contribution in [0.5, 0.6) is 0 Å². The molecule has 0 spiro atoms. The first-order chi connectivity index (χ1) is 14.3. The Bertz CT molecular complexity index is 1310. The van der Waals surface area contributed by atoms with Gasteiger partial charge in [0.25, 0.3) is 0 Å². The zero-order valence-corrected chi connectivity index (χ0v) is 17.2. The van der Waals surface area contributed by atoms with Crippen molar-refractivity contribution in [3.8, 4) is 0 Å². The number of aryl methyl sites for hydroxylation is 1. The standard InChI is InChI=1S/C29H28/c1-2-3-4-5-6-9-21-12-15-25-23(20-21)14-17-29-27(25)19-18-26-24-11-8-7-10-22(24)13-16-28(26)29/h7-8,10-20H,2-6,9H2,1H3. The van der Waals surface area contributed by atoms with Crippen molar-refractivity contribution in [2.24, 2.45) is 0 Å². The van der Waals surface area contributed by atoms with Crippen molar-refractivity contribution in [1.29, 1.82) is 0 Å². The summed E-state index contributed by atoms with van der Waals surface area (Å²) >= 11 is 0. The fraction of sp³-hybridized carbons (Fsp3) is 0.241. The Morgan fingerprint density at radius 2 is 1.07 bits per heavy atom. The van der Waals surface area contributed by atoms with Gasteiger partial charge in [-0.25, -0.2) is 0 Å². The van der Waals surface area contributed by atoms with Gasteiger partial charge in [0.1, 0.15) is 0 Å². The van der Waals surface area contributed by atoms with Gasteiger partial charge in [-0.1, -0.05) is 111 Å². The van der Waals surface area contributed by atoms with Crippen LogP contribution in [-0.2, 0) is 6.42 Å². The molecule has 0 aliphatic heterocycles. The number of hydrogen-bond donors (Lipinski definition) is 0. The topological polar surface area (TPSA) is 0 Å². The Hall–Kier alpha value is -2.86. The molecule has 0 aliphatic rings. The van der Waals surface area contributed by atoms with Crippen molar-refractivity contribution in [3.63, 3.8) is 0 Å². The van der Waals surface area contributed by atoms with Crippen molar-refractivity contribution in [2.45, 2.75) is 45.4 Å². The van der Waals surface area contributed by atoms with E-state index in [1.807, 2.05) is 0 Å². The van der Waals surface area contributed by atoms with E-state index in [4.69, 9.17) is 0 Å². The Morgan fingerprint density at radius 1 is 0.483 bits per heavy atom. The highest BCUT2D eigenvalue weighted by molar-refractivity contribution is 6.22. The molecule has 0 heterocycles. The summed E-state index contributed by atoms with van der Waals surface area (Å²) in [5, 5.41) is 10.8. The van der Waals surface area contributed by atoms with Gasteiger partial charge in [-0.2, -0.15) is 0 Å². The molecular weight excluding hydrogens is 348 g/mol. The quantitative estimate of drug-likeness (QED) is 0.205. The van der Waals surface area contributed by atoms with Crippen LogP contribution in [-0.4, -0.2) is 0 Å². The van der Waals surface area contributed by atoms with E-state index >= 15 is 0 Å². The Balaban J connectivity index is 1.56. The summed E-state index contributed by atoms with van der Waals surface area (Å²) in [5.41, 5.74) is 1.47. The minimum absolute atomic E-state index is 1.20. The lowest BCUT2D eigenvalue weighted by Crippen LogP contribution is -1.88. The van der Waals surface area contributed by atoms with Crippen molar-refractivity contribution in [3.05, 3.63) is 84.4 Å². The second-order valence-corrected chi connectivity index (χ2v) is 8.33. The number of benzene rings is 5. The lowest BCUT2D eigenvalue weighted by atomic mass is 9.93. The van der Waals surface area contributed by atoms with Gasteiger partial charge in [0.2, 0.25) is 0 Å². The molecule has 0 nitrogen and oxygen atoms in total. The maximum Gasteiger partial charge on any atom is -0.00987 e. The first-order valence-corrected chi connectivity index (χ1v) is 11.1. The van der Waals surface area contributed by atoms with Gasteiger partial charge in [-0.3, -0.25) is 0 Å². The van der Waals surface area contributed by atoms with Gasteiger partial charge in [0, 0.05) is 0 Å². The highest BCUT2D eigenvalue weighted by Crippen LogP contribution is 2.35. The van der Waals surface area contributed by atoms with Crippen LogP contribution in [0.2, 0.25) is 0 Å². The smallest absolute Gasteiger partial charge is 0.00987 e. The molecule has 0 heteroatoms. The van der Waals surface area contributed by atoms with Gasteiger partial charge in [0.05, 0.1) is 0 Å². The lowest BCUT2D eigenvalue weighted by molar-refractivity contribution is 0.632. The van der Waals surface area contributed by atoms with Crippen molar-refractivity contribution < 1.29 is 0 Å². The lowest BCUT2D eigenvalue weighted by Gasteiger charge is -2.11. The number of rotatable bonds is 6. The van der Waals surface area contributed by atoms with Gasteiger partial charge in [0.15, 0.2) is 0 Å². The third-order valence-corrected chi connectivity index (χ3v) is 6.37. The Kier molecular flexibility index (Phi) is 4.94. The van der Waals surface area contributed by atoms with Crippen LogP contribution >= 0.6 is 0 Å². The average molecular weight is 377 g/mol. The van der Waals surface area contributed by atoms with Crippen LogP contribution < -0.4 is 0 Å². The fourth-order valence-corrected chi connectivity index (χ4v) is 4.78. The summed E-state index contributed by atoms with van der Waals surface area (Å²) in [6.07, 6.45) is 7.90. The van der Waals surface area contributed by atoms with E-state index in [-0.39, 0.29) is 0 Å². The van der Waals surface area contributed by atoms with E-state index in [0.717, 1.165) is 0 Å². The molecule has 0 saturated carbocycles. The SMILES string of the molecule is CCCCCCCc1ccc2c(ccc3c2ccc2c4ccccc4ccc23)c1. The number of fused-ring (bicyclic) bond motifs is 7. The fourth-order valence-electron chi connectivity index (χ4n) is 4.78. The van der Waals surface area contributed by atoms with Crippen LogP contribution in [0.1, 0.15) is 44.6 Å². The first kappa shape index (κ1) is 18.2. The van der Waals surface area contributed by atoms with E-state index in [1.165, 1.54) is 87.2 Å². The molecule has 0 atom stereocenters. The van der Waals surface area contributed by atoms with Crippen molar-refractivity contribution in [2.75, 3.05) is 0 Å². The van der Waals surface area contributed by atoms with Gasteiger partial charge in [-0.05, 0) is 61.5 Å². The Labute approximate surface area is 173 Å². The minimum atomic E-state index is 1.20. The summed E-state index contributed by atoms with van der Waals surface area (Å²) in [4.78, 5) is 0. The molecule has 0 aromatic heterocycles. The maximum atomic E-state index is 2.40. The summed E-state index contributed by atoms with van der Waals surface area (Å²) < 4.78 is 0. The summed E-state index contributed by atoms with van der Waals surface area (Å²) in [6, 6.07) is 29.6. The number of unbranched alkanes of at least 4 members (excludes halogenated alkanes) is 4. The molecule has 0 bridgehead atoms. The second-order valence-electron chi connectivity index (χ2n) is 8.33. The summed E-state index contributed by atoms with van der Waals surface area (Å²) in [6.45, 7) is 2.28. The Morgan fingerprint density at radius 3 is 1.86 bits per heavy atom. The molecule has 0 N–H and O–H groups in total. The first-order valence-electron chi connectivity index (χ1n) is 11.1. The predicted molar refractivity (Wildman–Crippen MR) is 129 cm³/mol. The molecule has 0 saturated heterocycles. The zero-order valence-electron chi connectivity index (χ0n) is 17.2. The van der Waals surface area contributed by atoms with Crippen LogP contribution in [0.25, 0.3) is 43.1 Å². The summed E-state index contributed by atoms with van der Waals surface area (Å²) in [5.74, 6) is 0. The highest BCUT2D eigenvalue weighted by Gasteiger charge is 2.07. The van der Waals surface area contributed by atoms with Gasteiger partial charge in [-0.15, -0.1) is 0 Å². The molecule has 0 amide bonds. The van der Waals surface area contributed by atoms with Gasteiger partial charge < -0.3 is 0 Å². The van der Waals surface area contributed by atoms with Crippen molar-refractivity contribution >= 4 is 43.1 Å². The normalized spacial score (nSPS) is 11.8. The third kappa shape index (κ3) is 3.38. The van der Waals surface area contributed by atoms with E-state index in [9.17, 15) is 0 Å². The van der Waals surface area contributed by atoms with E-state index < -0.39 is 0 Å². The van der Waals surface area contributed by atoms with Gasteiger partial charge >= 0.3 is 0 Å².